The molecule has 0 aliphatic rings. The Kier molecular flexibility index (Phi) is 5.09. The van der Waals surface area contributed by atoms with Gasteiger partial charge in [0.15, 0.2) is 0 Å². The number of benzene rings is 1. The van der Waals surface area contributed by atoms with Crippen LogP contribution in [0.15, 0.2) is 24.3 Å². The van der Waals surface area contributed by atoms with E-state index in [2.05, 4.69) is 12.2 Å². The maximum atomic E-state index is 8.99. The van der Waals surface area contributed by atoms with Gasteiger partial charge in [-0.1, -0.05) is 30.7 Å². The van der Waals surface area contributed by atoms with E-state index in [4.69, 9.17) is 16.7 Å². The maximum absolute atomic E-state index is 8.99. The normalized spacial score (nSPS) is 14.9. The first-order chi connectivity index (χ1) is 7.17. The zero-order valence-electron chi connectivity index (χ0n) is 9.20. The van der Waals surface area contributed by atoms with Crippen LogP contribution in [0.25, 0.3) is 0 Å². The molecule has 0 amide bonds. The largest absolute Gasteiger partial charge is 0.395 e. The number of nitrogens with one attached hydrogen (secondary N) is 1. The van der Waals surface area contributed by atoms with Gasteiger partial charge in [-0.2, -0.15) is 0 Å². The van der Waals surface area contributed by atoms with Crippen LogP contribution in [-0.2, 0) is 0 Å². The number of aliphatic hydroxyl groups is 1. The van der Waals surface area contributed by atoms with Crippen LogP contribution in [0.4, 0.5) is 0 Å². The Labute approximate surface area is 96.3 Å². The van der Waals surface area contributed by atoms with Gasteiger partial charge in [-0.15, -0.1) is 0 Å². The van der Waals surface area contributed by atoms with E-state index in [-0.39, 0.29) is 18.7 Å². The molecule has 0 aliphatic carbocycles. The van der Waals surface area contributed by atoms with Gasteiger partial charge in [0.25, 0.3) is 0 Å². The quantitative estimate of drug-likeness (QED) is 0.811. The van der Waals surface area contributed by atoms with Crippen LogP contribution in [0.3, 0.4) is 0 Å². The molecule has 0 fully saturated rings. The molecule has 1 rings (SSSR count). The van der Waals surface area contributed by atoms with Crippen molar-refractivity contribution in [3.05, 3.63) is 34.9 Å². The molecule has 0 heterocycles. The lowest BCUT2D eigenvalue weighted by atomic mass is 10.0. The molecule has 1 aromatic rings. The molecular formula is C12H18ClNO. The molecule has 15 heavy (non-hydrogen) atoms. The molecule has 1 aromatic carbocycles. The molecule has 2 nitrogen and oxygen atoms in total. The smallest absolute Gasteiger partial charge is 0.0582 e. The SMILES string of the molecule is CCC(NC(C)CO)c1ccc(Cl)cc1. The van der Waals surface area contributed by atoms with Crippen LogP contribution in [-0.4, -0.2) is 17.8 Å². The number of halogens is 1. The van der Waals surface area contributed by atoms with Crippen molar-refractivity contribution in [1.82, 2.24) is 5.32 Å². The fourth-order valence-corrected chi connectivity index (χ4v) is 1.67. The van der Waals surface area contributed by atoms with Crippen LogP contribution in [0.5, 0.6) is 0 Å². The number of aliphatic hydroxyl groups excluding tert-OH is 1. The number of rotatable bonds is 5. The summed E-state index contributed by atoms with van der Waals surface area (Å²) in [6.07, 6.45) is 0.992. The van der Waals surface area contributed by atoms with E-state index in [0.29, 0.717) is 0 Å². The van der Waals surface area contributed by atoms with Gasteiger partial charge in [0.2, 0.25) is 0 Å². The molecular weight excluding hydrogens is 210 g/mol. The molecule has 3 heteroatoms. The standard InChI is InChI=1S/C12H18ClNO/c1-3-12(14-9(2)8-15)10-4-6-11(13)7-5-10/h4-7,9,12,14-15H,3,8H2,1-2H3. The summed E-state index contributed by atoms with van der Waals surface area (Å²) in [7, 11) is 0. The summed E-state index contributed by atoms with van der Waals surface area (Å²) < 4.78 is 0. The van der Waals surface area contributed by atoms with Gasteiger partial charge in [0.05, 0.1) is 6.61 Å². The Bertz CT molecular complexity index is 286. The topological polar surface area (TPSA) is 32.3 Å². The fourth-order valence-electron chi connectivity index (χ4n) is 1.54. The highest BCUT2D eigenvalue weighted by Crippen LogP contribution is 2.19. The van der Waals surface area contributed by atoms with Crippen molar-refractivity contribution in [3.8, 4) is 0 Å². The van der Waals surface area contributed by atoms with Crippen molar-refractivity contribution >= 4 is 11.6 Å². The third-order valence-corrected chi connectivity index (χ3v) is 2.69. The molecule has 0 radical (unpaired) electrons. The lowest BCUT2D eigenvalue weighted by Gasteiger charge is -2.21. The molecule has 84 valence electrons. The molecule has 0 bridgehead atoms. The van der Waals surface area contributed by atoms with Crippen molar-refractivity contribution in [1.29, 1.82) is 0 Å². The van der Waals surface area contributed by atoms with E-state index < -0.39 is 0 Å². The van der Waals surface area contributed by atoms with Crippen LogP contribution < -0.4 is 5.32 Å². The molecule has 0 aliphatic heterocycles. The second-order valence-corrected chi connectivity index (χ2v) is 4.20. The molecule has 2 N–H and O–H groups in total. The third kappa shape index (κ3) is 3.82. The van der Waals surface area contributed by atoms with E-state index in [0.717, 1.165) is 11.4 Å². The highest BCUT2D eigenvalue weighted by atomic mass is 35.5. The molecule has 2 unspecified atom stereocenters. The van der Waals surface area contributed by atoms with Gasteiger partial charge >= 0.3 is 0 Å². The summed E-state index contributed by atoms with van der Waals surface area (Å²) in [5.74, 6) is 0. The van der Waals surface area contributed by atoms with Crippen molar-refractivity contribution < 1.29 is 5.11 Å². The lowest BCUT2D eigenvalue weighted by molar-refractivity contribution is 0.239. The Balaban J connectivity index is 2.69. The van der Waals surface area contributed by atoms with E-state index >= 15 is 0 Å². The van der Waals surface area contributed by atoms with Crippen molar-refractivity contribution in [2.24, 2.45) is 0 Å². The fraction of sp³-hybridized carbons (Fsp3) is 0.500. The highest BCUT2D eigenvalue weighted by Gasteiger charge is 2.11. The minimum absolute atomic E-state index is 0.116. The summed E-state index contributed by atoms with van der Waals surface area (Å²) in [4.78, 5) is 0. The van der Waals surface area contributed by atoms with Gasteiger partial charge < -0.3 is 10.4 Å². The highest BCUT2D eigenvalue weighted by molar-refractivity contribution is 6.30. The monoisotopic (exact) mass is 227 g/mol. The molecule has 0 spiro atoms. The first-order valence-electron chi connectivity index (χ1n) is 5.29. The maximum Gasteiger partial charge on any atom is 0.0582 e. The molecule has 0 saturated carbocycles. The van der Waals surface area contributed by atoms with Crippen LogP contribution >= 0.6 is 11.6 Å². The van der Waals surface area contributed by atoms with E-state index in [1.54, 1.807) is 0 Å². The van der Waals surface area contributed by atoms with Crippen LogP contribution in [0.2, 0.25) is 5.02 Å². The molecule has 2 atom stereocenters. The summed E-state index contributed by atoms with van der Waals surface area (Å²) in [6.45, 7) is 4.25. The van der Waals surface area contributed by atoms with E-state index in [1.807, 2.05) is 31.2 Å². The second-order valence-electron chi connectivity index (χ2n) is 3.76. The van der Waals surface area contributed by atoms with Gasteiger partial charge in [0.1, 0.15) is 0 Å². The van der Waals surface area contributed by atoms with Crippen molar-refractivity contribution in [2.45, 2.75) is 32.4 Å². The molecule has 0 aromatic heterocycles. The number of hydrogen-bond donors (Lipinski definition) is 2. The van der Waals surface area contributed by atoms with Crippen molar-refractivity contribution in [2.75, 3.05) is 6.61 Å². The van der Waals surface area contributed by atoms with Gasteiger partial charge in [-0.3, -0.25) is 0 Å². The third-order valence-electron chi connectivity index (χ3n) is 2.44. The predicted octanol–water partition coefficient (Wildman–Crippen LogP) is 2.76. The average molecular weight is 228 g/mol. The van der Waals surface area contributed by atoms with E-state index in [9.17, 15) is 0 Å². The zero-order chi connectivity index (χ0) is 11.3. The Morgan fingerprint density at radius 2 is 1.93 bits per heavy atom. The summed E-state index contributed by atoms with van der Waals surface area (Å²) in [5, 5.41) is 13.1. The Morgan fingerprint density at radius 1 is 1.33 bits per heavy atom. The van der Waals surface area contributed by atoms with Gasteiger partial charge in [-0.05, 0) is 31.0 Å². The van der Waals surface area contributed by atoms with Gasteiger partial charge in [-0.25, -0.2) is 0 Å². The van der Waals surface area contributed by atoms with Gasteiger partial charge in [0, 0.05) is 17.1 Å². The van der Waals surface area contributed by atoms with Crippen molar-refractivity contribution in [3.63, 3.8) is 0 Å². The predicted molar refractivity (Wildman–Crippen MR) is 64.2 cm³/mol. The second kappa shape index (κ2) is 6.11. The lowest BCUT2D eigenvalue weighted by Crippen LogP contribution is -2.32. The van der Waals surface area contributed by atoms with Crippen LogP contribution in [0.1, 0.15) is 31.9 Å². The minimum Gasteiger partial charge on any atom is -0.395 e. The molecule has 0 saturated heterocycles. The summed E-state index contributed by atoms with van der Waals surface area (Å²) in [6, 6.07) is 8.23. The van der Waals surface area contributed by atoms with E-state index in [1.165, 1.54) is 5.56 Å². The minimum atomic E-state index is 0.116. The first-order valence-corrected chi connectivity index (χ1v) is 5.67. The summed E-state index contributed by atoms with van der Waals surface area (Å²) in [5.41, 5.74) is 1.21. The first kappa shape index (κ1) is 12.5. The van der Waals surface area contributed by atoms with Crippen LogP contribution in [0, 0.1) is 0 Å². The Morgan fingerprint density at radius 3 is 2.40 bits per heavy atom. The average Bonchev–Trinajstić information content (AvgIpc) is 2.27. The summed E-state index contributed by atoms with van der Waals surface area (Å²) >= 11 is 5.83. The zero-order valence-corrected chi connectivity index (χ0v) is 9.96. The number of hydrogen-bond acceptors (Lipinski definition) is 2. The Hall–Kier alpha value is -0.570.